The Morgan fingerprint density at radius 1 is 1.50 bits per heavy atom. The van der Waals surface area contributed by atoms with Crippen molar-refractivity contribution in [3.8, 4) is 0 Å². The third-order valence-corrected chi connectivity index (χ3v) is 5.43. The molecule has 1 aromatic heterocycles. The van der Waals surface area contributed by atoms with E-state index in [-0.39, 0.29) is 5.25 Å². The fourth-order valence-corrected chi connectivity index (χ4v) is 3.00. The van der Waals surface area contributed by atoms with Gasteiger partial charge in [-0.2, -0.15) is 0 Å². The minimum absolute atomic E-state index is 0.282. The van der Waals surface area contributed by atoms with Gasteiger partial charge in [0.25, 0.3) is 0 Å². The third-order valence-electron chi connectivity index (χ3n) is 2.86. The average molecular weight is 259 g/mol. The van der Waals surface area contributed by atoms with Crippen LogP contribution in [0.3, 0.4) is 0 Å². The van der Waals surface area contributed by atoms with Gasteiger partial charge in [0, 0.05) is 33.2 Å². The van der Waals surface area contributed by atoms with E-state index in [1.807, 2.05) is 6.92 Å². The Kier molecular flexibility index (Phi) is 5.66. The highest BCUT2D eigenvalue weighted by molar-refractivity contribution is 7.84. The zero-order valence-electron chi connectivity index (χ0n) is 10.4. The molecule has 0 aliphatic rings. The topological polar surface area (TPSA) is 29.1 Å². The van der Waals surface area contributed by atoms with Gasteiger partial charge in [0.05, 0.1) is 0 Å². The smallest absolute Gasteiger partial charge is 0.0388 e. The van der Waals surface area contributed by atoms with Gasteiger partial charge in [-0.25, -0.2) is 0 Å². The van der Waals surface area contributed by atoms with E-state index in [1.165, 1.54) is 10.4 Å². The van der Waals surface area contributed by atoms with Crippen molar-refractivity contribution in [3.63, 3.8) is 0 Å². The zero-order valence-corrected chi connectivity index (χ0v) is 12.1. The van der Waals surface area contributed by atoms with Crippen molar-refractivity contribution in [2.75, 3.05) is 12.8 Å². The Hall–Kier alpha value is -0.190. The molecule has 2 nitrogen and oxygen atoms in total. The van der Waals surface area contributed by atoms with Gasteiger partial charge in [-0.15, -0.1) is 11.3 Å². The van der Waals surface area contributed by atoms with Gasteiger partial charge in [-0.3, -0.25) is 4.21 Å². The molecule has 0 spiro atoms. The number of thiophene rings is 1. The molecule has 3 atom stereocenters. The van der Waals surface area contributed by atoms with Crippen LogP contribution >= 0.6 is 11.3 Å². The molecule has 0 aliphatic carbocycles. The van der Waals surface area contributed by atoms with Crippen LogP contribution in [0.5, 0.6) is 0 Å². The third kappa shape index (κ3) is 4.00. The molecule has 0 saturated heterocycles. The van der Waals surface area contributed by atoms with Crippen LogP contribution < -0.4 is 5.32 Å². The van der Waals surface area contributed by atoms with Crippen molar-refractivity contribution in [2.24, 2.45) is 0 Å². The van der Waals surface area contributed by atoms with Crippen LogP contribution in [0, 0.1) is 6.92 Å². The molecule has 16 heavy (non-hydrogen) atoms. The molecule has 0 radical (unpaired) electrons. The molecule has 0 aliphatic heterocycles. The fourth-order valence-electron chi connectivity index (χ4n) is 1.59. The second kappa shape index (κ2) is 6.52. The molecule has 0 saturated carbocycles. The highest BCUT2D eigenvalue weighted by Gasteiger charge is 2.10. The van der Waals surface area contributed by atoms with E-state index in [9.17, 15) is 4.21 Å². The van der Waals surface area contributed by atoms with Crippen LogP contribution in [0.2, 0.25) is 0 Å². The minimum Gasteiger partial charge on any atom is -0.309 e. The molecule has 1 N–H and O–H groups in total. The monoisotopic (exact) mass is 259 g/mol. The summed E-state index contributed by atoms with van der Waals surface area (Å²) in [6, 6.07) is 2.56. The second-order valence-corrected chi connectivity index (χ2v) is 6.99. The lowest BCUT2D eigenvalue weighted by atomic mass is 10.2. The summed E-state index contributed by atoms with van der Waals surface area (Å²) in [7, 11) is -0.704. The average Bonchev–Trinajstić information content (AvgIpc) is 2.64. The molecule has 0 fully saturated rings. The molecule has 4 heteroatoms. The lowest BCUT2D eigenvalue weighted by Gasteiger charge is -2.15. The van der Waals surface area contributed by atoms with Crippen molar-refractivity contribution in [3.05, 3.63) is 21.9 Å². The van der Waals surface area contributed by atoms with Crippen molar-refractivity contribution in [1.82, 2.24) is 5.32 Å². The molecule has 0 aromatic carbocycles. The normalized spacial score (nSPS) is 17.0. The zero-order chi connectivity index (χ0) is 12.1. The molecule has 92 valence electrons. The molecular weight excluding hydrogens is 238 g/mol. The summed E-state index contributed by atoms with van der Waals surface area (Å²) < 4.78 is 11.2. The second-order valence-electron chi connectivity index (χ2n) is 4.24. The first-order valence-electron chi connectivity index (χ1n) is 5.62. The highest BCUT2D eigenvalue weighted by atomic mass is 32.2. The predicted octanol–water partition coefficient (Wildman–Crippen LogP) is 2.86. The number of nitrogens with one attached hydrogen (secondary N) is 1. The summed E-state index contributed by atoms with van der Waals surface area (Å²) in [5.74, 6) is 0. The van der Waals surface area contributed by atoms with Crippen LogP contribution in [0.1, 0.15) is 36.8 Å². The van der Waals surface area contributed by atoms with E-state index in [0.717, 1.165) is 13.0 Å². The van der Waals surface area contributed by atoms with E-state index in [0.29, 0.717) is 6.04 Å². The van der Waals surface area contributed by atoms with Gasteiger partial charge in [0.1, 0.15) is 0 Å². The van der Waals surface area contributed by atoms with E-state index >= 15 is 0 Å². The lowest BCUT2D eigenvalue weighted by Crippen LogP contribution is -2.23. The molecular formula is C12H21NOS2. The van der Waals surface area contributed by atoms with Crippen LogP contribution in [-0.2, 0) is 10.8 Å². The van der Waals surface area contributed by atoms with Crippen LogP contribution in [0.4, 0.5) is 0 Å². The Morgan fingerprint density at radius 3 is 2.69 bits per heavy atom. The Balaban J connectivity index is 2.34. The summed E-state index contributed by atoms with van der Waals surface area (Å²) in [6.45, 7) is 7.30. The summed E-state index contributed by atoms with van der Waals surface area (Å²) in [4.78, 5) is 1.41. The highest BCUT2D eigenvalue weighted by Crippen LogP contribution is 2.23. The van der Waals surface area contributed by atoms with Crippen molar-refractivity contribution in [2.45, 2.75) is 38.5 Å². The fraction of sp³-hybridized carbons (Fsp3) is 0.667. The molecule has 3 unspecified atom stereocenters. The lowest BCUT2D eigenvalue weighted by molar-refractivity contribution is 0.558. The first kappa shape index (κ1) is 13.9. The van der Waals surface area contributed by atoms with E-state index < -0.39 is 10.8 Å². The summed E-state index contributed by atoms with van der Waals surface area (Å²) in [5.41, 5.74) is 1.36. The first-order chi connectivity index (χ1) is 7.52. The van der Waals surface area contributed by atoms with Crippen molar-refractivity contribution < 1.29 is 4.21 Å². The maximum atomic E-state index is 11.2. The van der Waals surface area contributed by atoms with Gasteiger partial charge in [-0.05, 0) is 43.8 Å². The summed E-state index contributed by atoms with van der Waals surface area (Å²) in [5, 5.41) is 5.90. The van der Waals surface area contributed by atoms with Crippen LogP contribution in [0.25, 0.3) is 0 Å². The van der Waals surface area contributed by atoms with Crippen molar-refractivity contribution >= 4 is 22.1 Å². The molecule has 1 aromatic rings. The van der Waals surface area contributed by atoms with Crippen LogP contribution in [-0.4, -0.2) is 22.3 Å². The molecule has 0 bridgehead atoms. The molecule has 1 heterocycles. The summed E-state index contributed by atoms with van der Waals surface area (Å²) in [6.07, 6.45) is 2.75. The van der Waals surface area contributed by atoms with Crippen molar-refractivity contribution in [1.29, 1.82) is 0 Å². The number of aryl methyl sites for hydroxylation is 1. The Labute approximate surface area is 105 Å². The Morgan fingerprint density at radius 2 is 2.19 bits per heavy atom. The summed E-state index contributed by atoms with van der Waals surface area (Å²) >= 11 is 1.80. The van der Waals surface area contributed by atoms with Gasteiger partial charge in [-0.1, -0.05) is 6.92 Å². The predicted molar refractivity (Wildman–Crippen MR) is 73.6 cm³/mol. The van der Waals surface area contributed by atoms with Crippen LogP contribution in [0.15, 0.2) is 11.4 Å². The van der Waals surface area contributed by atoms with Gasteiger partial charge in [0.15, 0.2) is 0 Å². The van der Waals surface area contributed by atoms with Gasteiger partial charge >= 0.3 is 0 Å². The van der Waals surface area contributed by atoms with Gasteiger partial charge in [0.2, 0.25) is 0 Å². The standard InChI is InChI=1S/C12H21NOS2/c1-9-6-8-15-12(9)11(3)13-7-5-10(2)16(4)14/h6,8,10-11,13H,5,7H2,1-4H3. The molecule has 0 amide bonds. The maximum absolute atomic E-state index is 11.2. The van der Waals surface area contributed by atoms with E-state index in [4.69, 9.17) is 0 Å². The van der Waals surface area contributed by atoms with E-state index in [2.05, 4.69) is 30.6 Å². The Bertz CT molecular complexity index is 349. The maximum Gasteiger partial charge on any atom is 0.0388 e. The first-order valence-corrected chi connectivity index (χ1v) is 8.12. The minimum atomic E-state index is -0.704. The number of hydrogen-bond donors (Lipinski definition) is 1. The quantitative estimate of drug-likeness (QED) is 0.851. The largest absolute Gasteiger partial charge is 0.309 e. The number of rotatable bonds is 6. The SMILES string of the molecule is Cc1ccsc1C(C)NCCC(C)S(C)=O. The number of hydrogen-bond acceptors (Lipinski definition) is 3. The molecule has 1 rings (SSSR count). The van der Waals surface area contributed by atoms with E-state index in [1.54, 1.807) is 17.6 Å². The van der Waals surface area contributed by atoms with Gasteiger partial charge < -0.3 is 5.32 Å².